The van der Waals surface area contributed by atoms with Crippen molar-refractivity contribution in [2.75, 3.05) is 20.8 Å². The standard InChI is InChI=1S/C25H28N2O4/c1-17-22(26-24(31-17)18-10-12-19(13-11-18)25(28)30-3)16-27-14-5-4-9-23(27)20-7-6-8-21(15-20)29-2/h6-8,10-13,15,23H,4-5,9,14,16H2,1-3H3. The van der Waals surface area contributed by atoms with E-state index in [1.54, 1.807) is 19.2 Å². The first-order chi connectivity index (χ1) is 15.1. The van der Waals surface area contributed by atoms with E-state index < -0.39 is 0 Å². The van der Waals surface area contributed by atoms with Gasteiger partial charge in [0, 0.05) is 18.2 Å². The molecule has 6 heteroatoms. The van der Waals surface area contributed by atoms with Crippen LogP contribution < -0.4 is 4.74 Å². The zero-order chi connectivity index (χ0) is 21.8. The maximum atomic E-state index is 11.7. The monoisotopic (exact) mass is 420 g/mol. The van der Waals surface area contributed by atoms with Crippen LogP contribution in [0.15, 0.2) is 52.9 Å². The lowest BCUT2D eigenvalue weighted by Crippen LogP contribution is -2.33. The maximum Gasteiger partial charge on any atom is 0.337 e. The number of oxazole rings is 1. The van der Waals surface area contributed by atoms with Crippen molar-refractivity contribution >= 4 is 5.97 Å². The molecular formula is C25H28N2O4. The fourth-order valence-electron chi connectivity index (χ4n) is 4.16. The normalized spacial score (nSPS) is 16.8. The summed E-state index contributed by atoms with van der Waals surface area (Å²) >= 11 is 0. The van der Waals surface area contributed by atoms with Crippen LogP contribution in [0.1, 0.15) is 52.7 Å². The van der Waals surface area contributed by atoms with Gasteiger partial charge in [-0.3, -0.25) is 4.90 Å². The van der Waals surface area contributed by atoms with Crippen LogP contribution in [0.25, 0.3) is 11.5 Å². The molecule has 31 heavy (non-hydrogen) atoms. The molecule has 4 rings (SSSR count). The first-order valence-corrected chi connectivity index (χ1v) is 10.6. The number of nitrogens with zero attached hydrogens (tertiary/aromatic N) is 2. The number of carbonyl (C=O) groups excluding carboxylic acids is 1. The highest BCUT2D eigenvalue weighted by Gasteiger charge is 2.26. The van der Waals surface area contributed by atoms with E-state index in [0.717, 1.165) is 42.3 Å². The summed E-state index contributed by atoms with van der Waals surface area (Å²) in [6, 6.07) is 15.8. The Morgan fingerprint density at radius 2 is 1.97 bits per heavy atom. The van der Waals surface area contributed by atoms with Gasteiger partial charge >= 0.3 is 5.97 Å². The van der Waals surface area contributed by atoms with E-state index in [-0.39, 0.29) is 5.97 Å². The molecule has 1 fully saturated rings. The van der Waals surface area contributed by atoms with Gasteiger partial charge in [-0.15, -0.1) is 0 Å². The summed E-state index contributed by atoms with van der Waals surface area (Å²) < 4.78 is 16.2. The van der Waals surface area contributed by atoms with Gasteiger partial charge in [-0.05, 0) is 68.3 Å². The average molecular weight is 421 g/mol. The van der Waals surface area contributed by atoms with E-state index in [1.807, 2.05) is 25.1 Å². The van der Waals surface area contributed by atoms with E-state index in [0.29, 0.717) is 17.5 Å². The Bertz CT molecular complexity index is 1040. The number of esters is 1. The molecule has 3 aromatic rings. The van der Waals surface area contributed by atoms with Gasteiger partial charge in [0.15, 0.2) is 0 Å². The predicted molar refractivity (Wildman–Crippen MR) is 118 cm³/mol. The third kappa shape index (κ3) is 4.64. The van der Waals surface area contributed by atoms with Crippen LogP contribution in [0, 0.1) is 6.92 Å². The first-order valence-electron chi connectivity index (χ1n) is 10.6. The first kappa shape index (κ1) is 21.1. The molecule has 1 aliphatic rings. The molecule has 1 atom stereocenters. The summed E-state index contributed by atoms with van der Waals surface area (Å²) in [4.78, 5) is 18.9. The molecule has 0 saturated carbocycles. The molecule has 0 bridgehead atoms. The lowest BCUT2D eigenvalue weighted by Gasteiger charge is -2.35. The number of hydrogen-bond donors (Lipinski definition) is 0. The second-order valence-electron chi connectivity index (χ2n) is 7.85. The average Bonchev–Trinajstić information content (AvgIpc) is 3.19. The van der Waals surface area contributed by atoms with E-state index in [4.69, 9.17) is 18.9 Å². The van der Waals surface area contributed by atoms with Crippen LogP contribution in [-0.2, 0) is 11.3 Å². The Balaban J connectivity index is 1.54. The molecule has 0 spiro atoms. The number of hydrogen-bond acceptors (Lipinski definition) is 6. The van der Waals surface area contributed by atoms with Crippen LogP contribution in [-0.4, -0.2) is 36.6 Å². The minimum atomic E-state index is -0.357. The third-order valence-electron chi connectivity index (χ3n) is 5.89. The van der Waals surface area contributed by atoms with Gasteiger partial charge in [0.05, 0.1) is 25.5 Å². The molecule has 2 aromatic carbocycles. The van der Waals surface area contributed by atoms with Crippen LogP contribution >= 0.6 is 0 Å². The number of carbonyl (C=O) groups is 1. The molecule has 0 N–H and O–H groups in total. The molecule has 1 saturated heterocycles. The van der Waals surface area contributed by atoms with Crippen LogP contribution in [0.4, 0.5) is 0 Å². The van der Waals surface area contributed by atoms with Gasteiger partial charge in [-0.2, -0.15) is 0 Å². The summed E-state index contributed by atoms with van der Waals surface area (Å²) in [7, 11) is 3.08. The van der Waals surface area contributed by atoms with Crippen molar-refractivity contribution < 1.29 is 18.7 Å². The quantitative estimate of drug-likeness (QED) is 0.513. The summed E-state index contributed by atoms with van der Waals surface area (Å²) in [5, 5.41) is 0. The van der Waals surface area contributed by atoms with Crippen molar-refractivity contribution in [3.8, 4) is 17.2 Å². The van der Waals surface area contributed by atoms with Gasteiger partial charge in [-0.25, -0.2) is 9.78 Å². The highest BCUT2D eigenvalue weighted by molar-refractivity contribution is 5.89. The molecule has 0 radical (unpaired) electrons. The van der Waals surface area contributed by atoms with Crippen LogP contribution in [0.2, 0.25) is 0 Å². The maximum absolute atomic E-state index is 11.7. The van der Waals surface area contributed by atoms with E-state index in [1.165, 1.54) is 25.5 Å². The largest absolute Gasteiger partial charge is 0.497 e. The fraction of sp³-hybridized carbons (Fsp3) is 0.360. The van der Waals surface area contributed by atoms with E-state index in [9.17, 15) is 4.79 Å². The predicted octanol–water partition coefficient (Wildman–Crippen LogP) is 5.17. The summed E-state index contributed by atoms with van der Waals surface area (Å²) in [5.74, 6) is 1.92. The SMILES string of the molecule is COC(=O)c1ccc(-c2nc(CN3CCCCC3c3cccc(OC)c3)c(C)o2)cc1. The third-order valence-corrected chi connectivity index (χ3v) is 5.89. The Kier molecular flexibility index (Phi) is 6.37. The molecule has 0 amide bonds. The smallest absolute Gasteiger partial charge is 0.337 e. The van der Waals surface area contributed by atoms with Crippen molar-refractivity contribution in [2.24, 2.45) is 0 Å². The number of benzene rings is 2. The molecule has 1 aliphatic heterocycles. The van der Waals surface area contributed by atoms with Crippen molar-refractivity contribution in [1.29, 1.82) is 0 Å². The molecule has 2 heterocycles. The van der Waals surface area contributed by atoms with Crippen LogP contribution in [0.5, 0.6) is 5.75 Å². The minimum absolute atomic E-state index is 0.336. The van der Waals surface area contributed by atoms with Crippen molar-refractivity contribution in [2.45, 2.75) is 38.8 Å². The molecule has 1 aromatic heterocycles. The number of rotatable bonds is 6. The van der Waals surface area contributed by atoms with Crippen molar-refractivity contribution in [1.82, 2.24) is 9.88 Å². The van der Waals surface area contributed by atoms with Crippen LogP contribution in [0.3, 0.4) is 0 Å². The molecule has 0 aliphatic carbocycles. The topological polar surface area (TPSA) is 64.8 Å². The fourth-order valence-corrected chi connectivity index (χ4v) is 4.16. The second-order valence-corrected chi connectivity index (χ2v) is 7.85. The van der Waals surface area contributed by atoms with Gasteiger partial charge in [0.2, 0.25) is 5.89 Å². The molecule has 1 unspecified atom stereocenters. The van der Waals surface area contributed by atoms with E-state index >= 15 is 0 Å². The number of likely N-dealkylation sites (tertiary alicyclic amines) is 1. The summed E-state index contributed by atoms with van der Waals surface area (Å²) in [6.07, 6.45) is 3.51. The number of methoxy groups -OCH3 is 2. The lowest BCUT2D eigenvalue weighted by molar-refractivity contribution is 0.0600. The van der Waals surface area contributed by atoms with Crippen molar-refractivity contribution in [3.63, 3.8) is 0 Å². The molecule has 162 valence electrons. The lowest BCUT2D eigenvalue weighted by atomic mass is 9.95. The van der Waals surface area contributed by atoms with Gasteiger partial charge in [-0.1, -0.05) is 18.6 Å². The Morgan fingerprint density at radius 1 is 1.16 bits per heavy atom. The summed E-state index contributed by atoms with van der Waals surface area (Å²) in [6.45, 7) is 3.72. The highest BCUT2D eigenvalue weighted by Crippen LogP contribution is 2.34. The Hall–Kier alpha value is -3.12. The zero-order valence-corrected chi connectivity index (χ0v) is 18.3. The van der Waals surface area contributed by atoms with Crippen molar-refractivity contribution in [3.05, 3.63) is 71.1 Å². The van der Waals surface area contributed by atoms with Gasteiger partial charge < -0.3 is 13.9 Å². The minimum Gasteiger partial charge on any atom is -0.497 e. The molecular weight excluding hydrogens is 392 g/mol. The van der Waals surface area contributed by atoms with Gasteiger partial charge in [0.25, 0.3) is 0 Å². The number of piperidine rings is 1. The number of aromatic nitrogens is 1. The Morgan fingerprint density at radius 3 is 2.71 bits per heavy atom. The number of aryl methyl sites for hydroxylation is 1. The zero-order valence-electron chi connectivity index (χ0n) is 18.3. The van der Waals surface area contributed by atoms with E-state index in [2.05, 4.69) is 23.1 Å². The second kappa shape index (κ2) is 9.35. The Labute approximate surface area is 182 Å². The van der Waals surface area contributed by atoms with Gasteiger partial charge in [0.1, 0.15) is 11.5 Å². The molecule has 6 nitrogen and oxygen atoms in total. The summed E-state index contributed by atoms with van der Waals surface area (Å²) in [5.41, 5.74) is 3.56. The number of ether oxygens (including phenoxy) is 2. The highest BCUT2D eigenvalue weighted by atomic mass is 16.5.